The molecule has 2 nitrogen and oxygen atoms in total. The first kappa shape index (κ1) is 9.78. The van der Waals surface area contributed by atoms with Crippen molar-refractivity contribution in [1.82, 2.24) is 0 Å². The third kappa shape index (κ3) is 2.90. The molecule has 13 heavy (non-hydrogen) atoms. The van der Waals surface area contributed by atoms with E-state index in [1.54, 1.807) is 6.92 Å². The maximum atomic E-state index is 11.1. The molecule has 70 valence electrons. The van der Waals surface area contributed by atoms with Crippen LogP contribution in [0.3, 0.4) is 0 Å². The van der Waals surface area contributed by atoms with E-state index in [-0.39, 0.29) is 5.97 Å². The van der Waals surface area contributed by atoms with Gasteiger partial charge in [-0.15, -0.1) is 0 Å². The highest BCUT2D eigenvalue weighted by Gasteiger charge is 2.09. The first-order valence-electron chi connectivity index (χ1n) is 4.33. The molecule has 1 rings (SSSR count). The minimum absolute atomic E-state index is 0.334. The molecule has 0 aromatic carbocycles. The molecule has 2 heteroatoms. The Labute approximate surface area is 78.6 Å². The van der Waals surface area contributed by atoms with Gasteiger partial charge in [0.1, 0.15) is 5.76 Å². The minimum Gasteiger partial charge on any atom is -0.428 e. The van der Waals surface area contributed by atoms with Crippen LogP contribution in [0.15, 0.2) is 35.6 Å². The van der Waals surface area contributed by atoms with E-state index in [9.17, 15) is 4.79 Å². The zero-order valence-corrected chi connectivity index (χ0v) is 8.09. The third-order valence-electron chi connectivity index (χ3n) is 1.89. The molecule has 0 saturated carbocycles. The van der Waals surface area contributed by atoms with Gasteiger partial charge in [0.25, 0.3) is 0 Å². The van der Waals surface area contributed by atoms with Gasteiger partial charge in [-0.25, -0.2) is 4.79 Å². The summed E-state index contributed by atoms with van der Waals surface area (Å²) in [5, 5.41) is 0. The van der Waals surface area contributed by atoms with Crippen molar-refractivity contribution in [1.29, 1.82) is 0 Å². The molecule has 0 aromatic heterocycles. The van der Waals surface area contributed by atoms with Crippen molar-refractivity contribution in [2.24, 2.45) is 0 Å². The fourth-order valence-electron chi connectivity index (χ4n) is 1.01. The van der Waals surface area contributed by atoms with Crippen LogP contribution in [-0.4, -0.2) is 5.97 Å². The highest BCUT2D eigenvalue weighted by molar-refractivity contribution is 5.87. The summed E-state index contributed by atoms with van der Waals surface area (Å²) < 4.78 is 5.08. The first-order valence-corrected chi connectivity index (χ1v) is 4.33. The van der Waals surface area contributed by atoms with Gasteiger partial charge in [-0.05, 0) is 26.3 Å². The second-order valence-electron chi connectivity index (χ2n) is 3.32. The highest BCUT2D eigenvalue weighted by atomic mass is 16.5. The number of carbonyl (C=O) groups is 1. The Balaban J connectivity index is 2.56. The van der Waals surface area contributed by atoms with Crippen LogP contribution < -0.4 is 0 Å². The Morgan fingerprint density at radius 2 is 2.15 bits per heavy atom. The zero-order valence-electron chi connectivity index (χ0n) is 8.09. The van der Waals surface area contributed by atoms with E-state index in [0.29, 0.717) is 5.57 Å². The monoisotopic (exact) mass is 178 g/mol. The van der Waals surface area contributed by atoms with Gasteiger partial charge < -0.3 is 4.74 Å². The molecule has 0 heterocycles. The number of hydrogen-bond acceptors (Lipinski definition) is 2. The highest BCUT2D eigenvalue weighted by Crippen LogP contribution is 2.19. The number of rotatable bonds is 2. The molecule has 0 unspecified atom stereocenters. The maximum absolute atomic E-state index is 11.1. The van der Waals surface area contributed by atoms with Gasteiger partial charge in [0, 0.05) is 12.0 Å². The van der Waals surface area contributed by atoms with Crippen LogP contribution in [0.5, 0.6) is 0 Å². The Hall–Kier alpha value is -1.31. The molecular weight excluding hydrogens is 164 g/mol. The summed E-state index contributed by atoms with van der Waals surface area (Å²) in [5.74, 6) is 0.401. The average molecular weight is 178 g/mol. The zero-order chi connectivity index (χ0) is 9.84. The van der Waals surface area contributed by atoms with E-state index in [4.69, 9.17) is 4.74 Å². The Morgan fingerprint density at radius 1 is 1.46 bits per heavy atom. The molecule has 0 aliphatic heterocycles. The van der Waals surface area contributed by atoms with Gasteiger partial charge in [-0.2, -0.15) is 0 Å². The van der Waals surface area contributed by atoms with E-state index in [1.807, 2.05) is 12.2 Å². The summed E-state index contributed by atoms with van der Waals surface area (Å²) >= 11 is 0. The van der Waals surface area contributed by atoms with Gasteiger partial charge in [-0.1, -0.05) is 18.2 Å². The summed E-state index contributed by atoms with van der Waals surface area (Å²) in [5.41, 5.74) is 1.75. The fraction of sp³-hybridized carbons (Fsp3) is 0.364. The van der Waals surface area contributed by atoms with E-state index >= 15 is 0 Å². The van der Waals surface area contributed by atoms with E-state index in [2.05, 4.69) is 13.5 Å². The van der Waals surface area contributed by atoms with E-state index in [0.717, 1.165) is 18.6 Å². The van der Waals surface area contributed by atoms with E-state index < -0.39 is 0 Å². The standard InChI is InChI=1S/C11H14O2/c1-8(2)11(12)13-10-6-4-9(3)5-7-10/h4,6H,1,5,7H2,2-3H3. The summed E-state index contributed by atoms with van der Waals surface area (Å²) in [7, 11) is 0. The van der Waals surface area contributed by atoms with Crippen LogP contribution >= 0.6 is 0 Å². The number of hydrogen-bond donors (Lipinski definition) is 0. The number of ether oxygens (including phenoxy) is 1. The molecule has 0 saturated heterocycles. The van der Waals surface area contributed by atoms with Crippen molar-refractivity contribution in [3.8, 4) is 0 Å². The lowest BCUT2D eigenvalue weighted by Crippen LogP contribution is -2.06. The average Bonchev–Trinajstić information content (AvgIpc) is 2.08. The van der Waals surface area contributed by atoms with Crippen LogP contribution in [-0.2, 0) is 9.53 Å². The fourth-order valence-corrected chi connectivity index (χ4v) is 1.01. The van der Waals surface area contributed by atoms with Crippen molar-refractivity contribution in [2.45, 2.75) is 26.7 Å². The maximum Gasteiger partial charge on any atom is 0.338 e. The van der Waals surface area contributed by atoms with Gasteiger partial charge in [0.15, 0.2) is 0 Å². The molecule has 0 atom stereocenters. The second kappa shape index (κ2) is 4.08. The molecular formula is C11H14O2. The Bertz CT molecular complexity index is 295. The summed E-state index contributed by atoms with van der Waals surface area (Å²) in [6.45, 7) is 7.23. The molecule has 0 fully saturated rings. The lowest BCUT2D eigenvalue weighted by atomic mass is 10.1. The van der Waals surface area contributed by atoms with Crippen molar-refractivity contribution in [3.05, 3.63) is 35.6 Å². The second-order valence-corrected chi connectivity index (χ2v) is 3.32. The van der Waals surface area contributed by atoms with Crippen LogP contribution in [0, 0.1) is 0 Å². The predicted molar refractivity (Wildman–Crippen MR) is 52.0 cm³/mol. The van der Waals surface area contributed by atoms with Crippen molar-refractivity contribution >= 4 is 5.97 Å². The number of esters is 1. The van der Waals surface area contributed by atoms with Gasteiger partial charge in [0.05, 0.1) is 0 Å². The molecule has 0 radical (unpaired) electrons. The summed E-state index contributed by atoms with van der Waals surface area (Å²) in [6, 6.07) is 0. The van der Waals surface area contributed by atoms with Crippen molar-refractivity contribution in [2.75, 3.05) is 0 Å². The lowest BCUT2D eigenvalue weighted by molar-refractivity contribution is -0.135. The smallest absolute Gasteiger partial charge is 0.338 e. The third-order valence-corrected chi connectivity index (χ3v) is 1.89. The first-order chi connectivity index (χ1) is 6.09. The lowest BCUT2D eigenvalue weighted by Gasteiger charge is -2.11. The molecule has 0 N–H and O–H groups in total. The molecule has 1 aliphatic rings. The molecule has 0 spiro atoms. The summed E-state index contributed by atoms with van der Waals surface area (Å²) in [6.07, 6.45) is 5.60. The van der Waals surface area contributed by atoms with Gasteiger partial charge in [0.2, 0.25) is 0 Å². The van der Waals surface area contributed by atoms with Crippen LogP contribution in [0.1, 0.15) is 26.7 Å². The van der Waals surface area contributed by atoms with Crippen LogP contribution in [0.2, 0.25) is 0 Å². The number of allylic oxidation sites excluding steroid dienone is 4. The van der Waals surface area contributed by atoms with Crippen LogP contribution in [0.25, 0.3) is 0 Å². The quantitative estimate of drug-likeness (QED) is 0.480. The SMILES string of the molecule is C=C(C)C(=O)OC1=CC=C(C)CC1. The summed E-state index contributed by atoms with van der Waals surface area (Å²) in [4.78, 5) is 11.1. The van der Waals surface area contributed by atoms with Gasteiger partial charge >= 0.3 is 5.97 Å². The molecule has 0 aromatic rings. The molecule has 0 amide bonds. The predicted octanol–water partition coefficient (Wildman–Crippen LogP) is 2.73. The Morgan fingerprint density at radius 3 is 2.62 bits per heavy atom. The van der Waals surface area contributed by atoms with Crippen LogP contribution in [0.4, 0.5) is 0 Å². The topological polar surface area (TPSA) is 26.3 Å². The minimum atomic E-state index is -0.334. The normalized spacial score (nSPS) is 15.8. The van der Waals surface area contributed by atoms with Crippen molar-refractivity contribution in [3.63, 3.8) is 0 Å². The molecule has 1 aliphatic carbocycles. The largest absolute Gasteiger partial charge is 0.428 e. The van der Waals surface area contributed by atoms with Gasteiger partial charge in [-0.3, -0.25) is 0 Å². The molecule has 0 bridgehead atoms. The van der Waals surface area contributed by atoms with Crippen molar-refractivity contribution < 1.29 is 9.53 Å². The number of carbonyl (C=O) groups excluding carboxylic acids is 1. The van der Waals surface area contributed by atoms with E-state index in [1.165, 1.54) is 5.57 Å². The Kier molecular flexibility index (Phi) is 3.07.